The van der Waals surface area contributed by atoms with Crippen molar-refractivity contribution >= 4 is 11.7 Å². The lowest BCUT2D eigenvalue weighted by molar-refractivity contribution is -0.160. The minimum Gasteiger partial charge on any atom is -0.479 e. The number of ether oxygens (including phenoxy) is 1. The van der Waals surface area contributed by atoms with Gasteiger partial charge in [-0.3, -0.25) is 4.98 Å². The van der Waals surface area contributed by atoms with Crippen LogP contribution in [-0.4, -0.2) is 34.8 Å². The van der Waals surface area contributed by atoms with E-state index in [4.69, 9.17) is 9.72 Å². The Morgan fingerprint density at radius 2 is 1.76 bits per heavy atom. The van der Waals surface area contributed by atoms with Crippen molar-refractivity contribution in [3.63, 3.8) is 0 Å². The van der Waals surface area contributed by atoms with E-state index in [9.17, 15) is 14.3 Å². The molecule has 5 nitrogen and oxygen atoms in total. The van der Waals surface area contributed by atoms with Crippen molar-refractivity contribution in [2.24, 2.45) is 5.41 Å². The van der Waals surface area contributed by atoms with Gasteiger partial charge >= 0.3 is 5.97 Å². The Balaban J connectivity index is 2.32. The van der Waals surface area contributed by atoms with Gasteiger partial charge in [-0.1, -0.05) is 19.9 Å². The number of aliphatic carboxylic acids is 1. The highest BCUT2D eigenvalue weighted by molar-refractivity contribution is 5.88. The third-order valence-electron chi connectivity index (χ3n) is 6.42. The van der Waals surface area contributed by atoms with Gasteiger partial charge in [0.15, 0.2) is 6.10 Å². The molecule has 1 atom stereocenters. The number of rotatable bonds is 5. The van der Waals surface area contributed by atoms with Crippen molar-refractivity contribution in [1.29, 1.82) is 0 Å². The average molecular weight is 457 g/mol. The van der Waals surface area contributed by atoms with E-state index in [1.165, 1.54) is 6.07 Å². The van der Waals surface area contributed by atoms with Crippen molar-refractivity contribution in [3.05, 3.63) is 46.5 Å². The zero-order chi connectivity index (χ0) is 24.7. The summed E-state index contributed by atoms with van der Waals surface area (Å²) in [7, 11) is 0. The van der Waals surface area contributed by atoms with E-state index in [0.29, 0.717) is 16.8 Å². The predicted molar refractivity (Wildman–Crippen MR) is 130 cm³/mol. The summed E-state index contributed by atoms with van der Waals surface area (Å²) in [4.78, 5) is 19.5. The molecule has 33 heavy (non-hydrogen) atoms. The molecule has 0 unspecified atom stereocenters. The molecule has 1 aromatic carbocycles. The Morgan fingerprint density at radius 1 is 1.15 bits per heavy atom. The molecule has 6 heteroatoms. The zero-order valence-corrected chi connectivity index (χ0v) is 21.2. The van der Waals surface area contributed by atoms with Crippen LogP contribution >= 0.6 is 0 Å². The summed E-state index contributed by atoms with van der Waals surface area (Å²) in [6.45, 7) is 17.2. The van der Waals surface area contributed by atoms with Crippen LogP contribution in [0.1, 0.15) is 76.1 Å². The van der Waals surface area contributed by atoms with Gasteiger partial charge < -0.3 is 14.7 Å². The second-order valence-electron chi connectivity index (χ2n) is 11.0. The normalized spacial score (nSPS) is 17.2. The molecule has 1 N–H and O–H groups in total. The summed E-state index contributed by atoms with van der Waals surface area (Å²) in [5.41, 5.74) is 4.66. The highest BCUT2D eigenvalue weighted by Gasteiger charge is 2.36. The molecular weight excluding hydrogens is 419 g/mol. The maximum absolute atomic E-state index is 14.1. The molecular formula is C27H37FN2O3. The summed E-state index contributed by atoms with van der Waals surface area (Å²) in [5.74, 6) is -1.31. The number of carboxylic acid groups (broad SMARTS) is 1. The third kappa shape index (κ3) is 5.55. The molecule has 0 amide bonds. The van der Waals surface area contributed by atoms with Gasteiger partial charge in [0.1, 0.15) is 5.82 Å². The van der Waals surface area contributed by atoms with Crippen molar-refractivity contribution in [2.75, 3.05) is 18.0 Å². The zero-order valence-electron chi connectivity index (χ0n) is 21.2. The molecule has 0 radical (unpaired) electrons. The van der Waals surface area contributed by atoms with Gasteiger partial charge in [0.2, 0.25) is 0 Å². The van der Waals surface area contributed by atoms with Gasteiger partial charge in [0.25, 0.3) is 0 Å². The van der Waals surface area contributed by atoms with E-state index >= 15 is 0 Å². The van der Waals surface area contributed by atoms with Crippen LogP contribution in [0.25, 0.3) is 11.1 Å². The highest BCUT2D eigenvalue weighted by atomic mass is 19.1. The number of nitrogens with zero attached hydrogens (tertiary/aromatic N) is 2. The van der Waals surface area contributed by atoms with Gasteiger partial charge in [0.05, 0.1) is 11.3 Å². The Kier molecular flexibility index (Phi) is 6.90. The molecule has 0 spiro atoms. The number of hydrogen-bond donors (Lipinski definition) is 1. The fourth-order valence-corrected chi connectivity index (χ4v) is 4.56. The van der Waals surface area contributed by atoms with E-state index in [-0.39, 0.29) is 11.2 Å². The smallest absolute Gasteiger partial charge is 0.337 e. The number of benzene rings is 1. The summed E-state index contributed by atoms with van der Waals surface area (Å²) < 4.78 is 20.2. The average Bonchev–Trinajstić information content (AvgIpc) is 2.68. The quantitative estimate of drug-likeness (QED) is 0.566. The molecule has 2 aromatic rings. The first-order valence-electron chi connectivity index (χ1n) is 11.6. The minimum absolute atomic E-state index is 0.231. The molecule has 1 aliphatic heterocycles. The van der Waals surface area contributed by atoms with Gasteiger partial charge in [-0.05, 0) is 83.1 Å². The number of piperidine rings is 1. The molecule has 180 valence electrons. The highest BCUT2D eigenvalue weighted by Crippen LogP contribution is 2.45. The number of pyridine rings is 1. The second-order valence-corrected chi connectivity index (χ2v) is 11.0. The first kappa shape index (κ1) is 25.2. The van der Waals surface area contributed by atoms with Crippen LogP contribution in [0.4, 0.5) is 10.1 Å². The lowest BCUT2D eigenvalue weighted by Crippen LogP contribution is -2.39. The Morgan fingerprint density at radius 3 is 2.27 bits per heavy atom. The monoisotopic (exact) mass is 456 g/mol. The maximum atomic E-state index is 14.1. The molecule has 1 fully saturated rings. The summed E-state index contributed by atoms with van der Waals surface area (Å²) in [6.07, 6.45) is 0.822. The largest absolute Gasteiger partial charge is 0.479 e. The first-order valence-corrected chi connectivity index (χ1v) is 11.6. The van der Waals surface area contributed by atoms with E-state index in [2.05, 4.69) is 18.7 Å². The number of carboxylic acids is 1. The van der Waals surface area contributed by atoms with Crippen molar-refractivity contribution in [2.45, 2.75) is 79.9 Å². The predicted octanol–water partition coefficient (Wildman–Crippen LogP) is 6.38. The number of aryl methyl sites for hydroxylation is 3. The standard InChI is InChI=1S/C27H37FN2O3/c1-16-15-19(9-10-20(16)28)21-17(2)29-18(3)22(24(25(31)32)33-26(4,5)6)23(21)30-13-11-27(7,8)12-14-30/h9-10,15,24H,11-14H2,1-8H3,(H,31,32)/t24-/m0/s1. The first-order chi connectivity index (χ1) is 15.2. The summed E-state index contributed by atoms with van der Waals surface area (Å²) in [6, 6.07) is 5.03. The molecule has 1 aliphatic rings. The maximum Gasteiger partial charge on any atom is 0.337 e. The lowest BCUT2D eigenvalue weighted by Gasteiger charge is -2.41. The molecule has 2 heterocycles. The number of aromatic nitrogens is 1. The fourth-order valence-electron chi connectivity index (χ4n) is 4.56. The van der Waals surface area contributed by atoms with Crippen LogP contribution in [0.3, 0.4) is 0 Å². The summed E-state index contributed by atoms with van der Waals surface area (Å²) >= 11 is 0. The molecule has 0 bridgehead atoms. The molecule has 3 rings (SSSR count). The topological polar surface area (TPSA) is 62.7 Å². The third-order valence-corrected chi connectivity index (χ3v) is 6.42. The number of carbonyl (C=O) groups is 1. The van der Waals surface area contributed by atoms with Crippen LogP contribution in [-0.2, 0) is 9.53 Å². The fraction of sp³-hybridized carbons (Fsp3) is 0.556. The van der Waals surface area contributed by atoms with Crippen molar-refractivity contribution < 1.29 is 19.0 Å². The molecule has 0 aliphatic carbocycles. The van der Waals surface area contributed by atoms with E-state index in [0.717, 1.165) is 48.4 Å². The molecule has 1 saturated heterocycles. The Bertz CT molecular complexity index is 1050. The Labute approximate surface area is 197 Å². The van der Waals surface area contributed by atoms with Gasteiger partial charge in [0, 0.05) is 35.6 Å². The van der Waals surface area contributed by atoms with Crippen molar-refractivity contribution in [3.8, 4) is 11.1 Å². The minimum atomic E-state index is -1.16. The Hall–Kier alpha value is -2.47. The second kappa shape index (κ2) is 9.05. The number of halogens is 1. The molecule has 1 aromatic heterocycles. The van der Waals surface area contributed by atoms with Crippen LogP contribution < -0.4 is 4.90 Å². The SMILES string of the molecule is Cc1cc(-c2c(C)nc(C)c([C@H](OC(C)(C)C)C(=O)O)c2N2CCC(C)(C)CC2)ccc1F. The number of anilines is 1. The van der Waals surface area contributed by atoms with E-state index < -0.39 is 17.7 Å². The van der Waals surface area contributed by atoms with Crippen LogP contribution in [0.5, 0.6) is 0 Å². The lowest BCUT2D eigenvalue weighted by atomic mass is 9.81. The summed E-state index contributed by atoms with van der Waals surface area (Å²) in [5, 5.41) is 10.2. The van der Waals surface area contributed by atoms with Crippen LogP contribution in [0.15, 0.2) is 18.2 Å². The van der Waals surface area contributed by atoms with Gasteiger partial charge in [-0.2, -0.15) is 0 Å². The molecule has 0 saturated carbocycles. The van der Waals surface area contributed by atoms with E-state index in [1.807, 2.05) is 40.7 Å². The van der Waals surface area contributed by atoms with Gasteiger partial charge in [-0.25, -0.2) is 9.18 Å². The van der Waals surface area contributed by atoms with Crippen LogP contribution in [0, 0.1) is 32.0 Å². The number of hydrogen-bond acceptors (Lipinski definition) is 4. The van der Waals surface area contributed by atoms with Crippen molar-refractivity contribution in [1.82, 2.24) is 4.98 Å². The van der Waals surface area contributed by atoms with Crippen LogP contribution in [0.2, 0.25) is 0 Å². The van der Waals surface area contributed by atoms with E-state index in [1.54, 1.807) is 13.0 Å². The van der Waals surface area contributed by atoms with Gasteiger partial charge in [-0.15, -0.1) is 0 Å².